The lowest BCUT2D eigenvalue weighted by Gasteiger charge is -2.14. The summed E-state index contributed by atoms with van der Waals surface area (Å²) in [6, 6.07) is 8.57. The van der Waals surface area contributed by atoms with Gasteiger partial charge in [-0.1, -0.05) is 26.0 Å². The molecule has 0 aromatic heterocycles. The quantitative estimate of drug-likeness (QED) is 0.559. The molecule has 2 N–H and O–H groups in total. The van der Waals surface area contributed by atoms with Crippen LogP contribution in [0.25, 0.3) is 17.2 Å². The molecule has 0 unspecified atom stereocenters. The molecule has 0 aliphatic rings. The smallest absolute Gasteiger partial charge is 0.280 e. The van der Waals surface area contributed by atoms with Crippen LogP contribution in [0.3, 0.4) is 0 Å². The Bertz CT molecular complexity index is 917. The van der Waals surface area contributed by atoms with Crippen LogP contribution in [0.4, 0.5) is 14.5 Å². The average Bonchev–Trinajstić information content (AvgIpc) is 2.62. The molecule has 0 aliphatic carbocycles. The summed E-state index contributed by atoms with van der Waals surface area (Å²) in [5.74, 6) is -1.43. The van der Waals surface area contributed by atoms with E-state index in [1.54, 1.807) is 26.0 Å². The molecule has 0 spiro atoms. The molecule has 0 radical (unpaired) electrons. The van der Waals surface area contributed by atoms with Crippen molar-refractivity contribution >= 4 is 17.7 Å². The van der Waals surface area contributed by atoms with E-state index < -0.39 is 11.7 Å². The number of carbonyl (C=O) groups is 1. The molecule has 2 rings (SSSR count). The minimum Gasteiger partial charge on any atom is -0.385 e. The Labute approximate surface area is 172 Å². The van der Waals surface area contributed by atoms with Crippen molar-refractivity contribution in [1.29, 1.82) is 0 Å². The molecule has 0 bridgehead atoms. The predicted molar refractivity (Wildman–Crippen MR) is 117 cm³/mol. The third-order valence-electron chi connectivity index (χ3n) is 4.51. The second kappa shape index (κ2) is 9.68. The lowest BCUT2D eigenvalue weighted by molar-refractivity contribution is -0.119. The van der Waals surface area contributed by atoms with Crippen LogP contribution in [0.15, 0.2) is 36.2 Å². The molecule has 0 fully saturated rings. The minimum atomic E-state index is -0.847. The van der Waals surface area contributed by atoms with Gasteiger partial charge < -0.3 is 10.6 Å². The van der Waals surface area contributed by atoms with Gasteiger partial charge in [-0.15, -0.1) is 0 Å². The molecule has 1 amide bonds. The number of halogens is 2. The van der Waals surface area contributed by atoms with Crippen LogP contribution in [0.1, 0.15) is 44.4 Å². The van der Waals surface area contributed by atoms with Crippen molar-refractivity contribution in [2.45, 2.75) is 47.6 Å². The van der Waals surface area contributed by atoms with E-state index in [4.69, 9.17) is 0 Å². The lowest BCUT2D eigenvalue weighted by Crippen LogP contribution is -2.30. The first-order chi connectivity index (χ1) is 13.6. The molecule has 5 heteroatoms. The molecule has 2 aromatic carbocycles. The van der Waals surface area contributed by atoms with Gasteiger partial charge in [0, 0.05) is 23.8 Å². The molecule has 0 atom stereocenters. The number of aryl methyl sites for hydroxylation is 2. The van der Waals surface area contributed by atoms with Crippen LogP contribution < -0.4 is 10.6 Å². The monoisotopic (exact) mass is 400 g/mol. The zero-order valence-electron chi connectivity index (χ0n) is 18.0. The van der Waals surface area contributed by atoms with Crippen molar-refractivity contribution in [1.82, 2.24) is 5.32 Å². The van der Waals surface area contributed by atoms with Crippen molar-refractivity contribution in [2.75, 3.05) is 11.9 Å². The molecule has 0 heterocycles. The fourth-order valence-electron chi connectivity index (χ4n) is 2.98. The first kappa shape index (κ1) is 22.6. The van der Waals surface area contributed by atoms with Gasteiger partial charge in [-0.05, 0) is 80.1 Å². The Morgan fingerprint density at radius 1 is 1.03 bits per heavy atom. The molecule has 3 nitrogen and oxygen atoms in total. The van der Waals surface area contributed by atoms with Gasteiger partial charge in [0.05, 0.1) is 0 Å². The number of amides is 1. The summed E-state index contributed by atoms with van der Waals surface area (Å²) in [4.78, 5) is 11.8. The van der Waals surface area contributed by atoms with E-state index >= 15 is 0 Å². The summed E-state index contributed by atoms with van der Waals surface area (Å²) in [6.45, 7) is 12.2. The number of benzene rings is 2. The molecule has 0 saturated heterocycles. The van der Waals surface area contributed by atoms with Crippen LogP contribution >= 0.6 is 0 Å². The predicted octanol–water partition coefficient (Wildman–Crippen LogP) is 6.01. The zero-order valence-corrected chi connectivity index (χ0v) is 18.0. The Morgan fingerprint density at radius 2 is 1.72 bits per heavy atom. The molecule has 0 saturated carbocycles. The van der Waals surface area contributed by atoms with Gasteiger partial charge in [0.2, 0.25) is 0 Å². The molecular weight excluding hydrogens is 370 g/mol. The number of hydrogen-bond donors (Lipinski definition) is 2. The number of hydrogen-bond acceptors (Lipinski definition) is 2. The Hall–Kier alpha value is -2.69. The van der Waals surface area contributed by atoms with E-state index in [-0.39, 0.29) is 11.9 Å². The SMILES string of the molecule is Cc1cc(-c2ccc(NCC(C)C)cc2F)c(C)cc1/C=C(/F)C(=O)NC(C)C. The maximum absolute atomic E-state index is 14.7. The van der Waals surface area contributed by atoms with E-state index in [2.05, 4.69) is 24.5 Å². The third kappa shape index (κ3) is 6.14. The van der Waals surface area contributed by atoms with Gasteiger partial charge in [0.15, 0.2) is 5.83 Å². The summed E-state index contributed by atoms with van der Waals surface area (Å²) >= 11 is 0. The minimum absolute atomic E-state index is 0.146. The maximum atomic E-state index is 14.7. The largest absolute Gasteiger partial charge is 0.385 e. The molecule has 2 aromatic rings. The Balaban J connectivity index is 2.33. The van der Waals surface area contributed by atoms with E-state index in [1.807, 2.05) is 26.0 Å². The second-order valence-electron chi connectivity index (χ2n) is 8.11. The Morgan fingerprint density at radius 3 is 2.31 bits per heavy atom. The summed E-state index contributed by atoms with van der Waals surface area (Å²) in [6.07, 6.45) is 1.22. The highest BCUT2D eigenvalue weighted by molar-refractivity contribution is 5.96. The average molecular weight is 401 g/mol. The number of carbonyl (C=O) groups excluding carboxylic acids is 1. The summed E-state index contributed by atoms with van der Waals surface area (Å²) in [7, 11) is 0. The van der Waals surface area contributed by atoms with Crippen LogP contribution in [0.5, 0.6) is 0 Å². The van der Waals surface area contributed by atoms with Crippen LogP contribution in [0.2, 0.25) is 0 Å². The van der Waals surface area contributed by atoms with E-state index in [0.29, 0.717) is 17.0 Å². The van der Waals surface area contributed by atoms with Gasteiger partial charge in [-0.3, -0.25) is 4.79 Å². The zero-order chi connectivity index (χ0) is 21.7. The number of anilines is 1. The highest BCUT2D eigenvalue weighted by Crippen LogP contribution is 2.31. The molecule has 29 heavy (non-hydrogen) atoms. The first-order valence-corrected chi connectivity index (χ1v) is 9.91. The van der Waals surface area contributed by atoms with E-state index in [9.17, 15) is 13.6 Å². The lowest BCUT2D eigenvalue weighted by atomic mass is 9.94. The van der Waals surface area contributed by atoms with Crippen molar-refractivity contribution in [3.8, 4) is 11.1 Å². The first-order valence-electron chi connectivity index (χ1n) is 9.91. The van der Waals surface area contributed by atoms with Gasteiger partial charge in [-0.2, -0.15) is 0 Å². The second-order valence-corrected chi connectivity index (χ2v) is 8.11. The van der Waals surface area contributed by atoms with E-state index in [0.717, 1.165) is 28.9 Å². The standard InChI is InChI=1S/C24H30F2N2O/c1-14(2)13-27-19-7-8-20(22(25)12-19)21-10-16(5)18(9-17(21)6)11-23(26)24(29)28-15(3)4/h7-12,14-15,27H,13H2,1-6H3,(H,28,29)/b23-11+. The van der Waals surface area contributed by atoms with Crippen molar-refractivity contribution < 1.29 is 13.6 Å². The Kier molecular flexibility index (Phi) is 7.54. The van der Waals surface area contributed by atoms with Gasteiger partial charge in [0.1, 0.15) is 5.82 Å². The van der Waals surface area contributed by atoms with Gasteiger partial charge in [-0.25, -0.2) is 8.78 Å². The fourth-order valence-corrected chi connectivity index (χ4v) is 2.98. The van der Waals surface area contributed by atoms with Crippen LogP contribution in [-0.4, -0.2) is 18.5 Å². The van der Waals surface area contributed by atoms with Crippen molar-refractivity contribution in [2.24, 2.45) is 5.92 Å². The topological polar surface area (TPSA) is 41.1 Å². The molecule has 156 valence electrons. The highest BCUT2D eigenvalue weighted by atomic mass is 19.1. The summed E-state index contributed by atoms with van der Waals surface area (Å²) in [5.41, 5.74) is 4.15. The highest BCUT2D eigenvalue weighted by Gasteiger charge is 2.14. The van der Waals surface area contributed by atoms with Crippen molar-refractivity contribution in [3.05, 3.63) is 58.7 Å². The fraction of sp³-hybridized carbons (Fsp3) is 0.375. The summed E-state index contributed by atoms with van der Waals surface area (Å²) in [5, 5.41) is 5.74. The maximum Gasteiger partial charge on any atom is 0.280 e. The van der Waals surface area contributed by atoms with Gasteiger partial charge >= 0.3 is 0 Å². The van der Waals surface area contributed by atoms with Crippen molar-refractivity contribution in [3.63, 3.8) is 0 Å². The van der Waals surface area contributed by atoms with Gasteiger partial charge in [0.25, 0.3) is 5.91 Å². The van der Waals surface area contributed by atoms with E-state index in [1.165, 1.54) is 12.1 Å². The third-order valence-corrected chi connectivity index (χ3v) is 4.51. The normalized spacial score (nSPS) is 11.9. The molecular formula is C24H30F2N2O. The number of nitrogens with one attached hydrogen (secondary N) is 2. The van der Waals surface area contributed by atoms with Crippen LogP contribution in [-0.2, 0) is 4.79 Å². The molecule has 0 aliphatic heterocycles. The van der Waals surface area contributed by atoms with Crippen LogP contribution in [0, 0.1) is 25.6 Å². The number of rotatable bonds is 7. The summed E-state index contributed by atoms with van der Waals surface area (Å²) < 4.78 is 28.9.